The van der Waals surface area contributed by atoms with E-state index in [1.165, 1.54) is 16.7 Å². The average molecular weight is 413 g/mol. The van der Waals surface area contributed by atoms with Crippen LogP contribution in [-0.4, -0.2) is 35.1 Å². The summed E-state index contributed by atoms with van der Waals surface area (Å²) in [5.41, 5.74) is 4.72. The molecule has 2 aromatic rings. The first-order chi connectivity index (χ1) is 13.9. The van der Waals surface area contributed by atoms with E-state index in [0.717, 1.165) is 17.7 Å². The van der Waals surface area contributed by atoms with Crippen LogP contribution in [0.1, 0.15) is 42.5 Å². The van der Waals surface area contributed by atoms with Gasteiger partial charge in [0.25, 0.3) is 0 Å². The van der Waals surface area contributed by atoms with Gasteiger partial charge < -0.3 is 10.2 Å². The van der Waals surface area contributed by atoms with Crippen molar-refractivity contribution >= 4 is 23.6 Å². The predicted octanol–water partition coefficient (Wildman–Crippen LogP) is 4.48. The van der Waals surface area contributed by atoms with Crippen LogP contribution in [0, 0.1) is 13.8 Å². The Labute approximate surface area is 179 Å². The fourth-order valence-electron chi connectivity index (χ4n) is 3.25. The normalized spacial score (nSPS) is 11.7. The van der Waals surface area contributed by atoms with Crippen LogP contribution >= 0.6 is 11.8 Å². The molecule has 0 heterocycles. The summed E-state index contributed by atoms with van der Waals surface area (Å²) in [6.07, 6.45) is 0.872. The lowest BCUT2D eigenvalue weighted by atomic mass is 10.1. The molecule has 2 aromatic carbocycles. The highest BCUT2D eigenvalue weighted by molar-refractivity contribution is 7.99. The van der Waals surface area contributed by atoms with Gasteiger partial charge in [-0.15, -0.1) is 11.8 Å². The summed E-state index contributed by atoms with van der Waals surface area (Å²) in [7, 11) is 0. The molecule has 0 aliphatic rings. The highest BCUT2D eigenvalue weighted by Crippen LogP contribution is 2.18. The van der Waals surface area contributed by atoms with Gasteiger partial charge in [0.1, 0.15) is 6.04 Å². The van der Waals surface area contributed by atoms with Gasteiger partial charge in [-0.1, -0.05) is 66.6 Å². The molecule has 1 N–H and O–H groups in total. The van der Waals surface area contributed by atoms with Gasteiger partial charge in [0, 0.05) is 18.8 Å². The second kappa shape index (κ2) is 11.7. The highest BCUT2D eigenvalue weighted by Gasteiger charge is 2.25. The zero-order chi connectivity index (χ0) is 21.2. The van der Waals surface area contributed by atoms with Crippen molar-refractivity contribution in [3.8, 4) is 0 Å². The van der Waals surface area contributed by atoms with E-state index < -0.39 is 6.04 Å². The maximum absolute atomic E-state index is 13.0. The second-order valence-electron chi connectivity index (χ2n) is 7.46. The average Bonchev–Trinajstić information content (AvgIpc) is 2.69. The van der Waals surface area contributed by atoms with Gasteiger partial charge in [0.2, 0.25) is 11.8 Å². The molecule has 0 bridgehead atoms. The highest BCUT2D eigenvalue weighted by atomic mass is 32.2. The van der Waals surface area contributed by atoms with Crippen LogP contribution in [0.25, 0.3) is 0 Å². The van der Waals surface area contributed by atoms with E-state index in [0.29, 0.717) is 18.8 Å². The summed E-state index contributed by atoms with van der Waals surface area (Å²) in [5, 5.41) is 2.91. The number of thioether (sulfide) groups is 1. The lowest BCUT2D eigenvalue weighted by molar-refractivity contribution is -0.138. The van der Waals surface area contributed by atoms with Crippen molar-refractivity contribution in [2.24, 2.45) is 0 Å². The number of benzene rings is 2. The zero-order valence-corrected chi connectivity index (χ0v) is 18.7. The van der Waals surface area contributed by atoms with E-state index in [4.69, 9.17) is 0 Å². The van der Waals surface area contributed by atoms with Gasteiger partial charge in [-0.05, 0) is 38.3 Å². The maximum atomic E-state index is 13.0. The number of aryl methyl sites for hydroxylation is 2. The topological polar surface area (TPSA) is 49.4 Å². The summed E-state index contributed by atoms with van der Waals surface area (Å²) in [4.78, 5) is 27.2. The van der Waals surface area contributed by atoms with Gasteiger partial charge in [0.15, 0.2) is 0 Å². The molecule has 5 heteroatoms. The summed E-state index contributed by atoms with van der Waals surface area (Å²) in [5.74, 6) is 1.02. The fraction of sp³-hybridized carbons (Fsp3) is 0.417. The molecule has 29 heavy (non-hydrogen) atoms. The number of rotatable bonds is 10. The third-order valence-electron chi connectivity index (χ3n) is 4.69. The Bertz CT molecular complexity index is 788. The molecule has 1 atom stereocenters. The molecule has 0 spiro atoms. The Kier molecular flexibility index (Phi) is 9.26. The van der Waals surface area contributed by atoms with Crippen LogP contribution in [0.15, 0.2) is 48.5 Å². The van der Waals surface area contributed by atoms with Gasteiger partial charge in [-0.3, -0.25) is 9.59 Å². The largest absolute Gasteiger partial charge is 0.354 e. The molecular weight excluding hydrogens is 380 g/mol. The number of nitrogens with zero attached hydrogens (tertiary/aromatic N) is 1. The number of amides is 2. The van der Waals surface area contributed by atoms with Gasteiger partial charge in [-0.2, -0.15) is 0 Å². The Hall–Kier alpha value is -2.27. The van der Waals surface area contributed by atoms with E-state index >= 15 is 0 Å². The quantitative estimate of drug-likeness (QED) is 0.626. The van der Waals surface area contributed by atoms with Gasteiger partial charge in [0.05, 0.1) is 5.75 Å². The number of nitrogens with one attached hydrogen (secondary N) is 1. The molecule has 0 fully saturated rings. The lowest BCUT2D eigenvalue weighted by Crippen LogP contribution is -2.48. The van der Waals surface area contributed by atoms with Gasteiger partial charge >= 0.3 is 0 Å². The molecule has 0 aliphatic carbocycles. The third kappa shape index (κ3) is 7.58. The number of hydrogen-bond donors (Lipinski definition) is 1. The van der Waals surface area contributed by atoms with Crippen LogP contribution in [0.4, 0.5) is 0 Å². The first kappa shape index (κ1) is 23.0. The number of carbonyl (C=O) groups excluding carboxylic acids is 2. The molecule has 2 amide bonds. The smallest absolute Gasteiger partial charge is 0.242 e. The van der Waals surface area contributed by atoms with Crippen LogP contribution < -0.4 is 5.32 Å². The molecule has 2 rings (SSSR count). The minimum Gasteiger partial charge on any atom is -0.354 e. The maximum Gasteiger partial charge on any atom is 0.242 e. The van der Waals surface area contributed by atoms with Crippen molar-refractivity contribution in [1.82, 2.24) is 10.2 Å². The van der Waals surface area contributed by atoms with E-state index in [1.54, 1.807) is 23.6 Å². The first-order valence-corrected chi connectivity index (χ1v) is 11.3. The summed E-state index contributed by atoms with van der Waals surface area (Å²) in [6.45, 7) is 9.05. The van der Waals surface area contributed by atoms with Crippen LogP contribution in [-0.2, 0) is 21.9 Å². The number of carbonyl (C=O) groups is 2. The molecule has 0 saturated carbocycles. The van der Waals surface area contributed by atoms with Crippen molar-refractivity contribution in [3.63, 3.8) is 0 Å². The fourth-order valence-corrected chi connectivity index (χ4v) is 4.09. The Morgan fingerprint density at radius 3 is 2.31 bits per heavy atom. The predicted molar refractivity (Wildman–Crippen MR) is 122 cm³/mol. The van der Waals surface area contributed by atoms with Crippen LogP contribution in [0.3, 0.4) is 0 Å². The molecule has 0 radical (unpaired) electrons. The Morgan fingerprint density at radius 1 is 1.03 bits per heavy atom. The van der Waals surface area contributed by atoms with Crippen molar-refractivity contribution in [2.45, 2.75) is 52.5 Å². The first-order valence-electron chi connectivity index (χ1n) is 10.2. The monoisotopic (exact) mass is 412 g/mol. The molecule has 4 nitrogen and oxygen atoms in total. The van der Waals surface area contributed by atoms with Crippen molar-refractivity contribution in [1.29, 1.82) is 0 Å². The number of hydrogen-bond acceptors (Lipinski definition) is 3. The Balaban J connectivity index is 2.03. The van der Waals surface area contributed by atoms with E-state index in [9.17, 15) is 9.59 Å². The van der Waals surface area contributed by atoms with Crippen molar-refractivity contribution < 1.29 is 9.59 Å². The summed E-state index contributed by atoms with van der Waals surface area (Å²) >= 11 is 1.59. The lowest BCUT2D eigenvalue weighted by Gasteiger charge is -2.28. The van der Waals surface area contributed by atoms with Crippen molar-refractivity contribution in [3.05, 3.63) is 70.8 Å². The van der Waals surface area contributed by atoms with Gasteiger partial charge in [-0.25, -0.2) is 0 Å². The zero-order valence-electron chi connectivity index (χ0n) is 17.9. The molecule has 156 valence electrons. The molecule has 0 unspecified atom stereocenters. The third-order valence-corrected chi connectivity index (χ3v) is 5.68. The van der Waals surface area contributed by atoms with Crippen molar-refractivity contribution in [2.75, 3.05) is 12.3 Å². The Morgan fingerprint density at radius 2 is 1.69 bits per heavy atom. The second-order valence-corrected chi connectivity index (χ2v) is 8.45. The van der Waals surface area contributed by atoms with E-state index in [1.807, 2.05) is 37.3 Å². The minimum atomic E-state index is -0.504. The van der Waals surface area contributed by atoms with Crippen LogP contribution in [0.5, 0.6) is 0 Å². The van der Waals surface area contributed by atoms with Crippen LogP contribution in [0.2, 0.25) is 0 Å². The summed E-state index contributed by atoms with van der Waals surface area (Å²) < 4.78 is 0. The summed E-state index contributed by atoms with van der Waals surface area (Å²) in [6, 6.07) is 15.8. The molecular formula is C24H32N2O2S. The standard InChI is InChI=1S/C24H32N2O2S/c1-5-11-25-24(28)20(4)26(15-21-9-7-6-8-10-21)23(27)17-29-16-22-13-18(2)12-19(3)14-22/h6-10,12-14,20H,5,11,15-17H2,1-4H3,(H,25,28)/t20-/m0/s1. The van der Waals surface area contributed by atoms with E-state index in [-0.39, 0.29) is 11.8 Å². The SMILES string of the molecule is CCCNC(=O)[C@H](C)N(Cc1ccccc1)C(=O)CSCc1cc(C)cc(C)c1. The molecule has 0 saturated heterocycles. The molecule has 0 aromatic heterocycles. The van der Waals surface area contributed by atoms with E-state index in [2.05, 4.69) is 37.4 Å². The minimum absolute atomic E-state index is 0.0117. The molecule has 0 aliphatic heterocycles.